The highest BCUT2D eigenvalue weighted by atomic mass is 15.1. The molecule has 4 aromatic rings. The number of nitrogens with one attached hydrogen (secondary N) is 2. The predicted molar refractivity (Wildman–Crippen MR) is 108 cm³/mol. The molecule has 0 aliphatic carbocycles. The zero-order chi connectivity index (χ0) is 17.9. The van der Waals surface area contributed by atoms with E-state index in [4.69, 9.17) is 9.97 Å². The van der Waals surface area contributed by atoms with Gasteiger partial charge in [-0.25, -0.2) is 9.97 Å². The van der Waals surface area contributed by atoms with E-state index in [1.54, 1.807) is 0 Å². The number of nitrogens with zero attached hydrogens (tertiary/aromatic N) is 3. The molecule has 2 aromatic carbocycles. The van der Waals surface area contributed by atoms with Crippen LogP contribution in [-0.4, -0.2) is 47.0 Å². The van der Waals surface area contributed by atoms with Crippen LogP contribution in [0.5, 0.6) is 0 Å². The van der Waals surface area contributed by atoms with Crippen LogP contribution in [0.1, 0.15) is 6.42 Å². The summed E-state index contributed by atoms with van der Waals surface area (Å²) in [4.78, 5) is 15.2. The molecule has 0 saturated carbocycles. The van der Waals surface area contributed by atoms with E-state index in [1.807, 2.05) is 30.3 Å². The third-order valence-electron chi connectivity index (χ3n) is 4.45. The second kappa shape index (κ2) is 7.14. The number of hydrogen-bond donors (Lipinski definition) is 2. The summed E-state index contributed by atoms with van der Waals surface area (Å²) < 4.78 is 0. The quantitative estimate of drug-likeness (QED) is 0.516. The number of rotatable bonds is 6. The number of aromatic nitrogens is 3. The molecule has 0 saturated heterocycles. The van der Waals surface area contributed by atoms with Crippen molar-refractivity contribution < 1.29 is 0 Å². The summed E-state index contributed by atoms with van der Waals surface area (Å²) >= 11 is 0. The first-order valence-corrected chi connectivity index (χ1v) is 8.94. The first kappa shape index (κ1) is 16.5. The average molecular weight is 345 g/mol. The molecule has 26 heavy (non-hydrogen) atoms. The van der Waals surface area contributed by atoms with Crippen LogP contribution in [-0.2, 0) is 0 Å². The van der Waals surface area contributed by atoms with Crippen LogP contribution in [0, 0.1) is 0 Å². The van der Waals surface area contributed by atoms with Crippen molar-refractivity contribution in [2.24, 2.45) is 0 Å². The van der Waals surface area contributed by atoms with Gasteiger partial charge in [0.1, 0.15) is 5.82 Å². The molecule has 0 aliphatic rings. The van der Waals surface area contributed by atoms with Gasteiger partial charge in [-0.15, -0.1) is 0 Å². The van der Waals surface area contributed by atoms with E-state index in [0.29, 0.717) is 0 Å². The molecule has 0 bridgehead atoms. The van der Waals surface area contributed by atoms with Gasteiger partial charge < -0.3 is 15.2 Å². The molecule has 2 aromatic heterocycles. The van der Waals surface area contributed by atoms with Gasteiger partial charge in [0.25, 0.3) is 0 Å². The Labute approximate surface area is 153 Å². The third kappa shape index (κ3) is 3.39. The van der Waals surface area contributed by atoms with Gasteiger partial charge in [0.2, 0.25) is 0 Å². The molecule has 0 amide bonds. The molecule has 0 radical (unpaired) electrons. The number of anilines is 1. The van der Waals surface area contributed by atoms with Gasteiger partial charge >= 0.3 is 0 Å². The van der Waals surface area contributed by atoms with Crippen molar-refractivity contribution in [3.8, 4) is 11.5 Å². The summed E-state index contributed by atoms with van der Waals surface area (Å²) in [7, 11) is 4.18. The maximum Gasteiger partial charge on any atom is 0.178 e. The maximum absolute atomic E-state index is 4.82. The van der Waals surface area contributed by atoms with Gasteiger partial charge in [0, 0.05) is 22.8 Å². The number of hydrogen-bond acceptors (Lipinski definition) is 4. The van der Waals surface area contributed by atoms with Gasteiger partial charge in [-0.2, -0.15) is 0 Å². The third-order valence-corrected chi connectivity index (χ3v) is 4.45. The Hall–Kier alpha value is -2.92. The molecule has 0 spiro atoms. The fourth-order valence-electron chi connectivity index (χ4n) is 3.13. The Morgan fingerprint density at radius 3 is 2.65 bits per heavy atom. The van der Waals surface area contributed by atoms with E-state index in [0.717, 1.165) is 53.3 Å². The van der Waals surface area contributed by atoms with Gasteiger partial charge in [-0.3, -0.25) is 0 Å². The van der Waals surface area contributed by atoms with Crippen molar-refractivity contribution in [2.75, 3.05) is 32.5 Å². The number of H-pyrrole nitrogens is 1. The molecule has 2 heterocycles. The lowest BCUT2D eigenvalue weighted by molar-refractivity contribution is 0.405. The van der Waals surface area contributed by atoms with Gasteiger partial charge in [0.15, 0.2) is 5.82 Å². The molecule has 5 nitrogen and oxygen atoms in total. The maximum atomic E-state index is 4.82. The van der Waals surface area contributed by atoms with Crippen molar-refractivity contribution in [2.45, 2.75) is 6.42 Å². The first-order chi connectivity index (χ1) is 12.7. The van der Waals surface area contributed by atoms with E-state index in [9.17, 15) is 0 Å². The van der Waals surface area contributed by atoms with E-state index >= 15 is 0 Å². The number of benzene rings is 2. The highest BCUT2D eigenvalue weighted by molar-refractivity contribution is 5.91. The molecule has 0 atom stereocenters. The SMILES string of the molecule is CN(C)CCCNc1nc(-c2cc3ccccc3[nH]2)nc2ccccc12. The Kier molecular flexibility index (Phi) is 4.54. The Morgan fingerprint density at radius 2 is 1.81 bits per heavy atom. The average Bonchev–Trinajstić information content (AvgIpc) is 3.09. The van der Waals surface area contributed by atoms with Crippen molar-refractivity contribution in [3.05, 3.63) is 54.6 Å². The van der Waals surface area contributed by atoms with Crippen molar-refractivity contribution in [3.63, 3.8) is 0 Å². The zero-order valence-corrected chi connectivity index (χ0v) is 15.2. The monoisotopic (exact) mass is 345 g/mol. The van der Waals surface area contributed by atoms with Crippen LogP contribution in [0.2, 0.25) is 0 Å². The summed E-state index contributed by atoms with van der Waals surface area (Å²) in [5, 5.41) is 5.71. The highest BCUT2D eigenvalue weighted by Crippen LogP contribution is 2.26. The Morgan fingerprint density at radius 1 is 1.00 bits per heavy atom. The van der Waals surface area contributed by atoms with E-state index < -0.39 is 0 Å². The minimum atomic E-state index is 0.718. The van der Waals surface area contributed by atoms with Crippen LogP contribution >= 0.6 is 0 Å². The molecule has 5 heteroatoms. The normalized spacial score (nSPS) is 11.5. The van der Waals surface area contributed by atoms with Crippen LogP contribution in [0.4, 0.5) is 5.82 Å². The van der Waals surface area contributed by atoms with Crippen LogP contribution < -0.4 is 5.32 Å². The van der Waals surface area contributed by atoms with Crippen LogP contribution in [0.25, 0.3) is 33.3 Å². The summed E-state index contributed by atoms with van der Waals surface area (Å²) in [5.41, 5.74) is 2.99. The van der Waals surface area contributed by atoms with E-state index in [-0.39, 0.29) is 0 Å². The Bertz CT molecular complexity index is 1000. The van der Waals surface area contributed by atoms with E-state index in [2.05, 4.69) is 53.6 Å². The zero-order valence-electron chi connectivity index (χ0n) is 15.2. The summed E-state index contributed by atoms with van der Waals surface area (Å²) in [6, 6.07) is 18.5. The van der Waals surface area contributed by atoms with E-state index in [1.165, 1.54) is 5.39 Å². The lowest BCUT2D eigenvalue weighted by atomic mass is 10.2. The molecule has 0 aliphatic heterocycles. The van der Waals surface area contributed by atoms with Gasteiger partial charge in [-0.05, 0) is 51.3 Å². The summed E-state index contributed by atoms with van der Waals surface area (Å²) in [5.74, 6) is 1.61. The first-order valence-electron chi connectivity index (χ1n) is 8.94. The molecule has 2 N–H and O–H groups in total. The second-order valence-corrected chi connectivity index (χ2v) is 6.77. The van der Waals surface area contributed by atoms with Crippen LogP contribution in [0.15, 0.2) is 54.6 Å². The topological polar surface area (TPSA) is 56.8 Å². The predicted octanol–water partition coefficient (Wildman–Crippen LogP) is 4.14. The molecular weight excluding hydrogens is 322 g/mol. The summed E-state index contributed by atoms with van der Waals surface area (Å²) in [6.07, 6.45) is 1.06. The van der Waals surface area contributed by atoms with Gasteiger partial charge in [-0.1, -0.05) is 30.3 Å². The molecule has 0 fully saturated rings. The second-order valence-electron chi connectivity index (χ2n) is 6.77. The fraction of sp³-hybridized carbons (Fsp3) is 0.238. The lowest BCUT2D eigenvalue weighted by Gasteiger charge is -2.12. The van der Waals surface area contributed by atoms with Crippen LogP contribution in [0.3, 0.4) is 0 Å². The van der Waals surface area contributed by atoms with Crippen molar-refractivity contribution in [1.29, 1.82) is 0 Å². The number of para-hydroxylation sites is 2. The number of fused-ring (bicyclic) bond motifs is 2. The summed E-state index contributed by atoms with van der Waals surface area (Å²) in [6.45, 7) is 1.93. The molecule has 4 rings (SSSR count). The Balaban J connectivity index is 1.71. The lowest BCUT2D eigenvalue weighted by Crippen LogP contribution is -2.16. The van der Waals surface area contributed by atoms with Crippen molar-refractivity contribution in [1.82, 2.24) is 19.9 Å². The minimum Gasteiger partial charge on any atom is -0.369 e. The highest BCUT2D eigenvalue weighted by Gasteiger charge is 2.11. The molecule has 132 valence electrons. The molecular formula is C21H23N5. The fourth-order valence-corrected chi connectivity index (χ4v) is 3.13. The largest absolute Gasteiger partial charge is 0.369 e. The van der Waals surface area contributed by atoms with Crippen molar-refractivity contribution >= 4 is 27.6 Å². The number of aromatic amines is 1. The van der Waals surface area contributed by atoms with Gasteiger partial charge in [0.05, 0.1) is 11.2 Å². The smallest absolute Gasteiger partial charge is 0.178 e. The standard InChI is InChI=1S/C21H23N5/c1-26(2)13-7-12-22-20-16-9-4-6-11-18(16)24-21(25-20)19-14-15-8-3-5-10-17(15)23-19/h3-6,8-11,14,23H,7,12-13H2,1-2H3,(H,22,24,25). The molecule has 0 unspecified atom stereocenters. The minimum absolute atomic E-state index is 0.718.